The molecule has 0 aliphatic carbocycles. The highest BCUT2D eigenvalue weighted by Gasteiger charge is 2.34. The molecule has 2 aliphatic rings. The van der Waals surface area contributed by atoms with Crippen LogP contribution in [0.2, 0.25) is 0 Å². The Labute approximate surface area is 165 Å². The number of hydrogen-bond donors (Lipinski definition) is 2. The van der Waals surface area contributed by atoms with Gasteiger partial charge in [0.05, 0.1) is 0 Å². The van der Waals surface area contributed by atoms with Crippen molar-refractivity contribution in [3.05, 3.63) is 59.2 Å². The minimum absolute atomic E-state index is 0. The second kappa shape index (κ2) is 7.71. The number of fused-ring (bicyclic) bond motifs is 3. The fourth-order valence-electron chi connectivity index (χ4n) is 3.98. The van der Waals surface area contributed by atoms with Crippen molar-refractivity contribution in [3.8, 4) is 11.1 Å². The zero-order valence-electron chi connectivity index (χ0n) is 15.5. The molecule has 2 N–H and O–H groups in total. The van der Waals surface area contributed by atoms with Crippen LogP contribution in [0.25, 0.3) is 11.1 Å². The van der Waals surface area contributed by atoms with Crippen molar-refractivity contribution in [2.45, 2.75) is 5.92 Å². The van der Waals surface area contributed by atoms with Gasteiger partial charge in [0.25, 0.3) is 11.8 Å². The second-order valence-electron chi connectivity index (χ2n) is 7.32. The van der Waals surface area contributed by atoms with Gasteiger partial charge in [-0.25, -0.2) is 0 Å². The van der Waals surface area contributed by atoms with Gasteiger partial charge in [0.1, 0.15) is 0 Å². The van der Waals surface area contributed by atoms with E-state index in [1.807, 2.05) is 30.3 Å². The smallest absolute Gasteiger partial charge is 0.253 e. The molecule has 2 heterocycles. The predicted molar refractivity (Wildman–Crippen MR) is 109 cm³/mol. The van der Waals surface area contributed by atoms with Gasteiger partial charge in [0, 0.05) is 50.8 Å². The average molecular weight is 386 g/mol. The lowest BCUT2D eigenvalue weighted by atomic mass is 9.86. The van der Waals surface area contributed by atoms with Crippen LogP contribution in [0, 0.1) is 5.92 Å². The fourth-order valence-corrected chi connectivity index (χ4v) is 3.98. The Balaban J connectivity index is 0.00000210. The Morgan fingerprint density at radius 3 is 2.59 bits per heavy atom. The van der Waals surface area contributed by atoms with E-state index in [2.05, 4.69) is 22.8 Å². The Morgan fingerprint density at radius 2 is 1.81 bits per heavy atom. The topological polar surface area (TPSA) is 61.4 Å². The molecule has 0 saturated carbocycles. The van der Waals surface area contributed by atoms with Crippen LogP contribution in [0.3, 0.4) is 0 Å². The van der Waals surface area contributed by atoms with Gasteiger partial charge in [-0.05, 0) is 40.8 Å². The number of carbonyl (C=O) groups excluding carboxylic acids is 2. The molecule has 1 fully saturated rings. The van der Waals surface area contributed by atoms with Gasteiger partial charge in [-0.3, -0.25) is 9.59 Å². The Hall–Kier alpha value is -2.37. The van der Waals surface area contributed by atoms with Gasteiger partial charge in [-0.15, -0.1) is 12.4 Å². The molecule has 2 aromatic rings. The van der Waals surface area contributed by atoms with Crippen LogP contribution in [-0.2, 0) is 0 Å². The molecular weight excluding hydrogens is 362 g/mol. The summed E-state index contributed by atoms with van der Waals surface area (Å²) in [5, 5.41) is 6.49. The lowest BCUT2D eigenvalue weighted by molar-refractivity contribution is 0.0827. The number of amides is 2. The SMILES string of the molecule is CN(C)C(=O)c1cccc(-c2ccc3c(c2)C(=O)NC[C@H]2CNC[C@H]32)c1.Cl. The molecule has 1 saturated heterocycles. The van der Waals surface area contributed by atoms with Crippen molar-refractivity contribution >= 4 is 24.2 Å². The summed E-state index contributed by atoms with van der Waals surface area (Å²) in [5.74, 6) is 0.794. The van der Waals surface area contributed by atoms with Gasteiger partial charge in [-0.1, -0.05) is 24.3 Å². The van der Waals surface area contributed by atoms with Crippen molar-refractivity contribution < 1.29 is 9.59 Å². The summed E-state index contributed by atoms with van der Waals surface area (Å²) in [7, 11) is 3.49. The summed E-state index contributed by atoms with van der Waals surface area (Å²) in [5.41, 5.74) is 4.42. The maximum absolute atomic E-state index is 12.6. The van der Waals surface area contributed by atoms with Crippen LogP contribution in [0.15, 0.2) is 42.5 Å². The van der Waals surface area contributed by atoms with Gasteiger partial charge in [0.2, 0.25) is 0 Å². The number of nitrogens with zero attached hydrogens (tertiary/aromatic N) is 1. The van der Waals surface area contributed by atoms with Crippen LogP contribution < -0.4 is 10.6 Å². The third-order valence-electron chi connectivity index (χ3n) is 5.41. The van der Waals surface area contributed by atoms with E-state index in [0.717, 1.165) is 35.3 Å². The Kier molecular flexibility index (Phi) is 5.53. The quantitative estimate of drug-likeness (QED) is 0.835. The lowest BCUT2D eigenvalue weighted by Gasteiger charge is -2.17. The zero-order chi connectivity index (χ0) is 18.3. The molecular formula is C21H24ClN3O2. The normalized spacial score (nSPS) is 20.6. The van der Waals surface area contributed by atoms with Crippen LogP contribution in [0.5, 0.6) is 0 Å². The molecule has 0 unspecified atom stereocenters. The summed E-state index contributed by atoms with van der Waals surface area (Å²) in [6, 6.07) is 13.7. The number of nitrogens with one attached hydrogen (secondary N) is 2. The average Bonchev–Trinajstić information content (AvgIpc) is 3.08. The summed E-state index contributed by atoms with van der Waals surface area (Å²) in [4.78, 5) is 26.4. The molecule has 5 nitrogen and oxygen atoms in total. The van der Waals surface area contributed by atoms with E-state index < -0.39 is 0 Å². The summed E-state index contributed by atoms with van der Waals surface area (Å²) in [6.07, 6.45) is 0. The standard InChI is InChI=1S/C21H23N3O2.ClH/c1-24(2)21(26)15-5-3-4-13(8-15)14-6-7-17-18(9-14)20(25)23-11-16-10-22-12-19(16)17;/h3-9,16,19,22H,10-12H2,1-2H3,(H,23,25);1H/t16-,19+;/m1./s1. The minimum Gasteiger partial charge on any atom is -0.352 e. The van der Waals surface area contributed by atoms with Crippen molar-refractivity contribution in [3.63, 3.8) is 0 Å². The maximum Gasteiger partial charge on any atom is 0.253 e. The second-order valence-corrected chi connectivity index (χ2v) is 7.32. The first-order valence-electron chi connectivity index (χ1n) is 8.99. The Bertz CT molecular complexity index is 881. The molecule has 4 rings (SSSR count). The number of hydrogen-bond acceptors (Lipinski definition) is 3. The monoisotopic (exact) mass is 385 g/mol. The minimum atomic E-state index is -0.0285. The molecule has 0 radical (unpaired) electrons. The van der Waals surface area contributed by atoms with E-state index in [-0.39, 0.29) is 24.2 Å². The molecule has 27 heavy (non-hydrogen) atoms. The molecule has 2 atom stereocenters. The largest absolute Gasteiger partial charge is 0.352 e. The van der Waals surface area contributed by atoms with Gasteiger partial charge >= 0.3 is 0 Å². The van der Waals surface area contributed by atoms with Crippen LogP contribution in [0.4, 0.5) is 0 Å². The lowest BCUT2D eigenvalue weighted by Crippen LogP contribution is -2.28. The third-order valence-corrected chi connectivity index (χ3v) is 5.41. The highest BCUT2D eigenvalue weighted by molar-refractivity contribution is 5.98. The van der Waals surface area contributed by atoms with E-state index >= 15 is 0 Å². The van der Waals surface area contributed by atoms with E-state index in [9.17, 15) is 9.59 Å². The van der Waals surface area contributed by atoms with Gasteiger partial charge < -0.3 is 15.5 Å². The number of rotatable bonds is 2. The van der Waals surface area contributed by atoms with Crippen molar-refractivity contribution in [2.24, 2.45) is 5.92 Å². The molecule has 0 bridgehead atoms. The van der Waals surface area contributed by atoms with Crippen molar-refractivity contribution in [1.82, 2.24) is 15.5 Å². The van der Waals surface area contributed by atoms with E-state index in [4.69, 9.17) is 0 Å². The van der Waals surface area contributed by atoms with Gasteiger partial charge in [-0.2, -0.15) is 0 Å². The molecule has 0 aromatic heterocycles. The van der Waals surface area contributed by atoms with Crippen molar-refractivity contribution in [2.75, 3.05) is 33.7 Å². The molecule has 142 valence electrons. The highest BCUT2D eigenvalue weighted by atomic mass is 35.5. The first-order valence-corrected chi connectivity index (χ1v) is 8.99. The van der Waals surface area contributed by atoms with Crippen LogP contribution in [-0.4, -0.2) is 50.4 Å². The fraction of sp³-hybridized carbons (Fsp3) is 0.333. The summed E-state index contributed by atoms with van der Waals surface area (Å²) >= 11 is 0. The number of halogens is 1. The summed E-state index contributed by atoms with van der Waals surface area (Å²) in [6.45, 7) is 2.58. The van der Waals surface area contributed by atoms with E-state index in [1.54, 1.807) is 19.0 Å². The third kappa shape index (κ3) is 3.57. The maximum atomic E-state index is 12.6. The number of carbonyl (C=O) groups is 2. The number of benzene rings is 2. The Morgan fingerprint density at radius 1 is 1.04 bits per heavy atom. The first-order chi connectivity index (χ1) is 12.5. The van der Waals surface area contributed by atoms with E-state index in [0.29, 0.717) is 23.9 Å². The molecule has 6 heteroatoms. The predicted octanol–water partition coefficient (Wildman–Crippen LogP) is 2.52. The van der Waals surface area contributed by atoms with Crippen LogP contribution in [0.1, 0.15) is 32.2 Å². The van der Waals surface area contributed by atoms with Crippen molar-refractivity contribution in [1.29, 1.82) is 0 Å². The zero-order valence-corrected chi connectivity index (χ0v) is 16.3. The molecule has 2 aliphatic heterocycles. The van der Waals surface area contributed by atoms with Gasteiger partial charge in [0.15, 0.2) is 0 Å². The van der Waals surface area contributed by atoms with E-state index in [1.165, 1.54) is 0 Å². The van der Waals surface area contributed by atoms with Crippen LogP contribution >= 0.6 is 12.4 Å². The molecule has 2 amide bonds. The molecule has 2 aromatic carbocycles. The summed E-state index contributed by atoms with van der Waals surface area (Å²) < 4.78 is 0. The first kappa shape index (κ1) is 19.4. The highest BCUT2D eigenvalue weighted by Crippen LogP contribution is 2.34. The molecule has 0 spiro atoms.